The first-order valence-electron chi connectivity index (χ1n) is 10.2. The molecule has 2 N–H and O–H groups in total. The number of carbonyl (C=O) groups is 2. The van der Waals surface area contributed by atoms with Crippen molar-refractivity contribution in [3.8, 4) is 11.5 Å². The first kappa shape index (κ1) is 21.7. The second-order valence-electron chi connectivity index (χ2n) is 7.30. The van der Waals surface area contributed by atoms with Crippen LogP contribution in [0.2, 0.25) is 0 Å². The molecule has 0 unspecified atom stereocenters. The van der Waals surface area contributed by atoms with Crippen molar-refractivity contribution in [2.45, 2.75) is 13.5 Å². The van der Waals surface area contributed by atoms with Gasteiger partial charge >= 0.3 is 0 Å². The lowest BCUT2D eigenvalue weighted by Crippen LogP contribution is -2.23. The smallest absolute Gasteiger partial charge is 0.260 e. The van der Waals surface area contributed by atoms with E-state index in [9.17, 15) is 9.59 Å². The molecule has 9 nitrogen and oxygen atoms in total. The highest BCUT2D eigenvalue weighted by atomic mass is 16.5. The Morgan fingerprint density at radius 3 is 2.64 bits per heavy atom. The van der Waals surface area contributed by atoms with Gasteiger partial charge in [0, 0.05) is 55.6 Å². The minimum Gasteiger partial charge on any atom is -0.457 e. The molecule has 0 aliphatic rings. The normalized spacial score (nSPS) is 10.5. The van der Waals surface area contributed by atoms with Crippen LogP contribution in [-0.2, 0) is 13.6 Å². The highest BCUT2D eigenvalue weighted by Crippen LogP contribution is 2.28. The number of anilines is 1. The van der Waals surface area contributed by atoms with Gasteiger partial charge in [0.25, 0.3) is 11.8 Å². The highest BCUT2D eigenvalue weighted by Gasteiger charge is 2.14. The summed E-state index contributed by atoms with van der Waals surface area (Å²) in [5.41, 5.74) is 2.59. The topological polar surface area (TPSA) is 111 Å². The number of aryl methyl sites for hydroxylation is 1. The molecule has 0 radical (unpaired) electrons. The number of ether oxygens (including phenoxy) is 1. The lowest BCUT2D eigenvalue weighted by atomic mass is 10.1. The summed E-state index contributed by atoms with van der Waals surface area (Å²) in [6, 6.07) is 12.3. The van der Waals surface area contributed by atoms with Crippen molar-refractivity contribution in [3.05, 3.63) is 95.7 Å². The number of aromatic nitrogens is 4. The molecule has 0 spiro atoms. The number of amides is 2. The van der Waals surface area contributed by atoms with Gasteiger partial charge in [-0.3, -0.25) is 19.3 Å². The maximum Gasteiger partial charge on any atom is 0.260 e. The predicted octanol–water partition coefficient (Wildman–Crippen LogP) is 3.49. The van der Waals surface area contributed by atoms with Gasteiger partial charge in [-0.15, -0.1) is 0 Å². The van der Waals surface area contributed by atoms with Crippen LogP contribution in [0.5, 0.6) is 11.5 Å². The molecule has 3 aromatic heterocycles. The molecule has 4 aromatic rings. The average Bonchev–Trinajstić information content (AvgIpc) is 3.26. The van der Waals surface area contributed by atoms with Crippen molar-refractivity contribution in [2.24, 2.45) is 7.05 Å². The maximum atomic E-state index is 12.7. The number of rotatable bonds is 7. The fourth-order valence-corrected chi connectivity index (χ4v) is 3.15. The zero-order chi connectivity index (χ0) is 23.2. The molecular formula is C24H22N6O3. The van der Waals surface area contributed by atoms with E-state index in [1.807, 2.05) is 19.1 Å². The largest absolute Gasteiger partial charge is 0.457 e. The first-order chi connectivity index (χ1) is 16.0. The first-order valence-corrected chi connectivity index (χ1v) is 10.2. The quantitative estimate of drug-likeness (QED) is 0.453. The third-order valence-corrected chi connectivity index (χ3v) is 4.90. The number of nitrogens with one attached hydrogen (secondary N) is 2. The zero-order valence-corrected chi connectivity index (χ0v) is 18.1. The minimum atomic E-state index is -0.322. The van der Waals surface area contributed by atoms with Gasteiger partial charge in [-0.25, -0.2) is 4.98 Å². The van der Waals surface area contributed by atoms with Crippen LogP contribution in [0.15, 0.2) is 73.4 Å². The third kappa shape index (κ3) is 5.40. The molecule has 9 heteroatoms. The van der Waals surface area contributed by atoms with E-state index in [2.05, 4.69) is 25.7 Å². The van der Waals surface area contributed by atoms with Gasteiger partial charge in [0.1, 0.15) is 17.3 Å². The average molecular weight is 442 g/mol. The van der Waals surface area contributed by atoms with E-state index >= 15 is 0 Å². The van der Waals surface area contributed by atoms with Gasteiger partial charge in [0.2, 0.25) is 0 Å². The Morgan fingerprint density at radius 1 is 1.06 bits per heavy atom. The van der Waals surface area contributed by atoms with E-state index in [-0.39, 0.29) is 11.8 Å². The van der Waals surface area contributed by atoms with Crippen LogP contribution in [0.25, 0.3) is 0 Å². The zero-order valence-electron chi connectivity index (χ0n) is 18.1. The van der Waals surface area contributed by atoms with E-state index in [0.29, 0.717) is 40.6 Å². The third-order valence-electron chi connectivity index (χ3n) is 4.90. The van der Waals surface area contributed by atoms with Gasteiger partial charge < -0.3 is 15.4 Å². The van der Waals surface area contributed by atoms with E-state index in [4.69, 9.17) is 4.74 Å². The van der Waals surface area contributed by atoms with Crippen molar-refractivity contribution in [1.82, 2.24) is 25.1 Å². The summed E-state index contributed by atoms with van der Waals surface area (Å²) in [6.07, 6.45) is 8.00. The molecule has 0 saturated heterocycles. The summed E-state index contributed by atoms with van der Waals surface area (Å²) in [5, 5.41) is 9.62. The maximum absolute atomic E-state index is 12.7. The molecule has 2 amide bonds. The minimum absolute atomic E-state index is 0.200. The summed E-state index contributed by atoms with van der Waals surface area (Å²) >= 11 is 0. The van der Waals surface area contributed by atoms with Crippen LogP contribution in [-0.4, -0.2) is 31.6 Å². The molecule has 0 fully saturated rings. The van der Waals surface area contributed by atoms with Crippen LogP contribution < -0.4 is 15.4 Å². The molecule has 0 atom stereocenters. The number of hydrogen-bond acceptors (Lipinski definition) is 6. The van der Waals surface area contributed by atoms with Crippen LogP contribution in [0.4, 0.5) is 5.82 Å². The van der Waals surface area contributed by atoms with Crippen molar-refractivity contribution < 1.29 is 14.3 Å². The molecule has 4 rings (SSSR count). The molecular weight excluding hydrogens is 420 g/mol. The Bertz CT molecular complexity index is 1290. The highest BCUT2D eigenvalue weighted by molar-refractivity contribution is 6.03. The number of nitrogens with zero attached hydrogens (tertiary/aromatic N) is 4. The Balaban J connectivity index is 1.45. The second-order valence-corrected chi connectivity index (χ2v) is 7.30. The Hall–Kier alpha value is -4.53. The molecule has 3 heterocycles. The molecule has 166 valence electrons. The van der Waals surface area contributed by atoms with Crippen molar-refractivity contribution >= 4 is 17.6 Å². The SMILES string of the molecule is Cc1c(Oc2ccnc(NC(=O)c3cnn(C)c3)c2)cccc1C(=O)NCc1ccncc1. The van der Waals surface area contributed by atoms with Gasteiger partial charge in [0.05, 0.1) is 11.8 Å². The standard InChI is InChI=1S/C24H22N6O3/c1-16-20(24(32)27-13-17-6-9-25-10-7-17)4-3-5-21(16)33-19-8-11-26-22(12-19)29-23(31)18-14-28-30(2)15-18/h3-12,14-15H,13H2,1-2H3,(H,27,32)(H,26,29,31). The summed E-state index contributed by atoms with van der Waals surface area (Å²) in [6.45, 7) is 2.22. The number of hydrogen-bond donors (Lipinski definition) is 2. The van der Waals surface area contributed by atoms with Gasteiger partial charge in [0.15, 0.2) is 0 Å². The number of pyridine rings is 2. The molecule has 1 aromatic carbocycles. The molecule has 0 aliphatic carbocycles. The number of carbonyl (C=O) groups excluding carboxylic acids is 2. The number of benzene rings is 1. The van der Waals surface area contributed by atoms with Crippen molar-refractivity contribution in [1.29, 1.82) is 0 Å². The van der Waals surface area contributed by atoms with Crippen molar-refractivity contribution in [2.75, 3.05) is 5.32 Å². The Kier molecular flexibility index (Phi) is 6.40. The van der Waals surface area contributed by atoms with E-state index in [1.165, 1.54) is 12.4 Å². The molecule has 0 aliphatic heterocycles. The van der Waals surface area contributed by atoms with E-state index in [0.717, 1.165) is 5.56 Å². The summed E-state index contributed by atoms with van der Waals surface area (Å²) in [4.78, 5) is 33.2. The van der Waals surface area contributed by atoms with Crippen LogP contribution >= 0.6 is 0 Å². The van der Waals surface area contributed by atoms with Gasteiger partial charge in [-0.2, -0.15) is 5.10 Å². The van der Waals surface area contributed by atoms with Gasteiger partial charge in [-0.05, 0) is 42.8 Å². The molecule has 33 heavy (non-hydrogen) atoms. The Labute approximate surface area is 190 Å². The fraction of sp³-hybridized carbons (Fsp3) is 0.125. The van der Waals surface area contributed by atoms with Crippen LogP contribution in [0.1, 0.15) is 31.8 Å². The van der Waals surface area contributed by atoms with Gasteiger partial charge in [-0.1, -0.05) is 6.07 Å². The van der Waals surface area contributed by atoms with Crippen molar-refractivity contribution in [3.63, 3.8) is 0 Å². The lowest BCUT2D eigenvalue weighted by Gasteiger charge is -2.13. The summed E-state index contributed by atoms with van der Waals surface area (Å²) in [7, 11) is 1.74. The predicted molar refractivity (Wildman–Crippen MR) is 122 cm³/mol. The van der Waals surface area contributed by atoms with E-state index < -0.39 is 0 Å². The van der Waals surface area contributed by atoms with Crippen LogP contribution in [0, 0.1) is 6.92 Å². The second kappa shape index (κ2) is 9.73. The summed E-state index contributed by atoms with van der Waals surface area (Å²) < 4.78 is 7.55. The van der Waals surface area contributed by atoms with E-state index in [1.54, 1.807) is 60.7 Å². The van der Waals surface area contributed by atoms with Crippen LogP contribution in [0.3, 0.4) is 0 Å². The molecule has 0 saturated carbocycles. The Morgan fingerprint density at radius 2 is 1.88 bits per heavy atom. The monoisotopic (exact) mass is 442 g/mol. The fourth-order valence-electron chi connectivity index (χ4n) is 3.15. The summed E-state index contributed by atoms with van der Waals surface area (Å²) in [5.74, 6) is 0.821. The lowest BCUT2D eigenvalue weighted by molar-refractivity contribution is 0.0949. The molecule has 0 bridgehead atoms.